The van der Waals surface area contributed by atoms with Crippen LogP contribution in [-0.2, 0) is 0 Å². The van der Waals surface area contributed by atoms with Crippen LogP contribution in [0.15, 0.2) is 0 Å². The molecule has 0 bridgehead atoms. The fourth-order valence-corrected chi connectivity index (χ4v) is 4.47. The molecule has 3 nitrogen and oxygen atoms in total. The van der Waals surface area contributed by atoms with Gasteiger partial charge >= 0.3 is 0 Å². The average Bonchev–Trinajstić information content (AvgIpc) is 2.49. The van der Waals surface area contributed by atoms with Gasteiger partial charge in [0.15, 0.2) is 0 Å². The highest BCUT2D eigenvalue weighted by atomic mass is 15.2. The summed E-state index contributed by atoms with van der Waals surface area (Å²) in [6.45, 7) is 9.38. The summed E-state index contributed by atoms with van der Waals surface area (Å²) in [6.07, 6.45) is 8.09. The second-order valence-electron chi connectivity index (χ2n) is 8.16. The predicted octanol–water partition coefficient (Wildman–Crippen LogP) is 2.80. The molecule has 2 aliphatic rings. The topological polar surface area (TPSA) is 32.5 Å². The summed E-state index contributed by atoms with van der Waals surface area (Å²) >= 11 is 0. The molecule has 1 aliphatic carbocycles. The first kappa shape index (κ1) is 17.2. The van der Waals surface area contributed by atoms with E-state index in [1.165, 1.54) is 58.2 Å². The van der Waals surface area contributed by atoms with Crippen LogP contribution in [0.3, 0.4) is 0 Å². The van der Waals surface area contributed by atoms with Gasteiger partial charge in [-0.1, -0.05) is 26.7 Å². The van der Waals surface area contributed by atoms with Crippen molar-refractivity contribution in [2.45, 2.75) is 57.9 Å². The smallest absolute Gasteiger partial charge is 0.0331 e. The average molecular weight is 296 g/mol. The maximum atomic E-state index is 6.28. The monoisotopic (exact) mass is 295 g/mol. The Hall–Kier alpha value is -0.120. The Morgan fingerprint density at radius 3 is 2.48 bits per heavy atom. The third-order valence-corrected chi connectivity index (χ3v) is 6.36. The first-order chi connectivity index (χ1) is 9.97. The molecule has 2 N–H and O–H groups in total. The van der Waals surface area contributed by atoms with Crippen LogP contribution in [-0.4, -0.2) is 55.6 Å². The van der Waals surface area contributed by atoms with Crippen LogP contribution in [0.4, 0.5) is 0 Å². The van der Waals surface area contributed by atoms with Gasteiger partial charge in [0.05, 0.1) is 0 Å². The zero-order chi connectivity index (χ0) is 15.5. The summed E-state index contributed by atoms with van der Waals surface area (Å²) in [5.74, 6) is 2.53. The van der Waals surface area contributed by atoms with E-state index in [0.717, 1.165) is 24.3 Å². The summed E-state index contributed by atoms with van der Waals surface area (Å²) in [5.41, 5.74) is 6.55. The predicted molar refractivity (Wildman–Crippen MR) is 91.4 cm³/mol. The zero-order valence-corrected chi connectivity index (χ0v) is 14.8. The van der Waals surface area contributed by atoms with Gasteiger partial charge in [-0.05, 0) is 70.6 Å². The molecule has 0 spiro atoms. The van der Waals surface area contributed by atoms with Gasteiger partial charge in [0.1, 0.15) is 0 Å². The van der Waals surface area contributed by atoms with E-state index in [1.807, 2.05) is 0 Å². The quantitative estimate of drug-likeness (QED) is 0.846. The molecular formula is C18H37N3. The third-order valence-electron chi connectivity index (χ3n) is 6.36. The highest BCUT2D eigenvalue weighted by molar-refractivity contribution is 4.96. The Labute approximate surface area is 132 Å². The van der Waals surface area contributed by atoms with Crippen molar-refractivity contribution in [1.29, 1.82) is 0 Å². The molecule has 2 unspecified atom stereocenters. The van der Waals surface area contributed by atoms with Crippen molar-refractivity contribution in [3.05, 3.63) is 0 Å². The molecule has 2 rings (SSSR count). The van der Waals surface area contributed by atoms with E-state index in [9.17, 15) is 0 Å². The number of rotatable bonds is 5. The van der Waals surface area contributed by atoms with E-state index >= 15 is 0 Å². The first-order valence-corrected chi connectivity index (χ1v) is 9.06. The van der Waals surface area contributed by atoms with E-state index in [-0.39, 0.29) is 5.54 Å². The Morgan fingerprint density at radius 1 is 1.24 bits per heavy atom. The molecule has 1 aliphatic heterocycles. The molecule has 0 aromatic heterocycles. The lowest BCUT2D eigenvalue weighted by Crippen LogP contribution is -2.56. The van der Waals surface area contributed by atoms with Crippen LogP contribution in [0.5, 0.6) is 0 Å². The molecular weight excluding hydrogens is 258 g/mol. The van der Waals surface area contributed by atoms with E-state index in [0.29, 0.717) is 0 Å². The van der Waals surface area contributed by atoms with E-state index in [2.05, 4.69) is 37.7 Å². The van der Waals surface area contributed by atoms with Crippen LogP contribution in [0.25, 0.3) is 0 Å². The molecule has 1 saturated carbocycles. The number of nitrogens with two attached hydrogens (primary N) is 1. The van der Waals surface area contributed by atoms with Gasteiger partial charge in [-0.15, -0.1) is 0 Å². The highest BCUT2D eigenvalue weighted by Gasteiger charge is 2.40. The third kappa shape index (κ3) is 4.20. The maximum Gasteiger partial charge on any atom is 0.0331 e. The zero-order valence-electron chi connectivity index (χ0n) is 14.8. The fraction of sp³-hybridized carbons (Fsp3) is 1.00. The summed E-state index contributed by atoms with van der Waals surface area (Å²) in [6, 6.07) is 0. The van der Waals surface area contributed by atoms with Gasteiger partial charge in [-0.3, -0.25) is 4.90 Å². The number of nitrogens with zero attached hydrogens (tertiary/aromatic N) is 2. The van der Waals surface area contributed by atoms with Crippen molar-refractivity contribution in [2.24, 2.45) is 23.5 Å². The Bertz CT molecular complexity index is 310. The number of hydrogen-bond donors (Lipinski definition) is 1. The van der Waals surface area contributed by atoms with Crippen molar-refractivity contribution >= 4 is 0 Å². The summed E-state index contributed by atoms with van der Waals surface area (Å²) in [5, 5.41) is 0. The second-order valence-corrected chi connectivity index (χ2v) is 8.16. The van der Waals surface area contributed by atoms with Gasteiger partial charge in [0, 0.05) is 18.6 Å². The van der Waals surface area contributed by atoms with Crippen molar-refractivity contribution in [3.8, 4) is 0 Å². The molecule has 0 amide bonds. The highest BCUT2D eigenvalue weighted by Crippen LogP contribution is 2.39. The number of piperidine rings is 1. The molecule has 0 radical (unpaired) electrons. The Morgan fingerprint density at radius 2 is 1.90 bits per heavy atom. The lowest BCUT2D eigenvalue weighted by Gasteiger charge is -2.49. The normalized spacial score (nSPS) is 33.0. The van der Waals surface area contributed by atoms with Crippen LogP contribution < -0.4 is 5.73 Å². The van der Waals surface area contributed by atoms with Crippen LogP contribution in [0.1, 0.15) is 52.4 Å². The lowest BCUT2D eigenvalue weighted by molar-refractivity contribution is 0.0268. The largest absolute Gasteiger partial charge is 0.329 e. The van der Waals surface area contributed by atoms with Gasteiger partial charge < -0.3 is 10.6 Å². The Kier molecular flexibility index (Phi) is 6.10. The van der Waals surface area contributed by atoms with E-state index < -0.39 is 0 Å². The Balaban J connectivity index is 1.95. The standard InChI is InChI=1S/C18H37N3/c1-15(2)17-6-5-9-18(12-17,14-19)21(4)13-16-7-10-20(3)11-8-16/h15-17H,5-14,19H2,1-4H3. The first-order valence-electron chi connectivity index (χ1n) is 9.06. The summed E-state index contributed by atoms with van der Waals surface area (Å²) in [4.78, 5) is 5.11. The van der Waals surface area contributed by atoms with Gasteiger partial charge in [-0.25, -0.2) is 0 Å². The molecule has 2 atom stereocenters. The van der Waals surface area contributed by atoms with Crippen LogP contribution in [0.2, 0.25) is 0 Å². The lowest BCUT2D eigenvalue weighted by atomic mass is 9.70. The number of likely N-dealkylation sites (tertiary alicyclic amines) is 1. The second kappa shape index (κ2) is 7.43. The number of likely N-dealkylation sites (N-methyl/N-ethyl adjacent to an activating group) is 1. The fourth-order valence-electron chi connectivity index (χ4n) is 4.47. The molecule has 124 valence electrons. The maximum absolute atomic E-state index is 6.28. The summed E-state index contributed by atoms with van der Waals surface area (Å²) < 4.78 is 0. The van der Waals surface area contributed by atoms with Gasteiger partial charge in [-0.2, -0.15) is 0 Å². The minimum Gasteiger partial charge on any atom is -0.329 e. The molecule has 1 saturated heterocycles. The molecule has 2 fully saturated rings. The molecule has 1 heterocycles. The molecule has 0 aromatic carbocycles. The van der Waals surface area contributed by atoms with Crippen molar-refractivity contribution in [2.75, 3.05) is 40.3 Å². The van der Waals surface area contributed by atoms with Crippen molar-refractivity contribution < 1.29 is 0 Å². The van der Waals surface area contributed by atoms with Crippen molar-refractivity contribution in [3.63, 3.8) is 0 Å². The van der Waals surface area contributed by atoms with E-state index in [4.69, 9.17) is 5.73 Å². The van der Waals surface area contributed by atoms with Crippen LogP contribution >= 0.6 is 0 Å². The number of hydrogen-bond acceptors (Lipinski definition) is 3. The minimum absolute atomic E-state index is 0.274. The summed E-state index contributed by atoms with van der Waals surface area (Å²) in [7, 11) is 4.59. The molecule has 21 heavy (non-hydrogen) atoms. The van der Waals surface area contributed by atoms with Gasteiger partial charge in [0.25, 0.3) is 0 Å². The van der Waals surface area contributed by atoms with E-state index in [1.54, 1.807) is 0 Å². The minimum atomic E-state index is 0.274. The van der Waals surface area contributed by atoms with Crippen LogP contribution in [0, 0.1) is 17.8 Å². The molecule has 0 aromatic rings. The van der Waals surface area contributed by atoms with Gasteiger partial charge in [0.2, 0.25) is 0 Å². The SMILES string of the molecule is CC(C)C1CCCC(CN)(N(C)CC2CCN(C)CC2)C1. The molecule has 3 heteroatoms. The van der Waals surface area contributed by atoms with Crippen molar-refractivity contribution in [1.82, 2.24) is 9.80 Å².